The summed E-state index contributed by atoms with van der Waals surface area (Å²) in [6.07, 6.45) is 5.83. The Balaban J connectivity index is 1.29. The summed E-state index contributed by atoms with van der Waals surface area (Å²) < 4.78 is 1.71. The highest BCUT2D eigenvalue weighted by Gasteiger charge is 2.19. The van der Waals surface area contributed by atoms with E-state index in [1.54, 1.807) is 21.7 Å². The lowest BCUT2D eigenvalue weighted by molar-refractivity contribution is 0.104. The van der Waals surface area contributed by atoms with Gasteiger partial charge in [0.2, 0.25) is 11.6 Å². The van der Waals surface area contributed by atoms with Gasteiger partial charge in [-0.15, -0.1) is 21.5 Å². The minimum atomic E-state index is -0.0712. The lowest BCUT2D eigenvalue weighted by Gasteiger charge is -2.12. The van der Waals surface area contributed by atoms with Crippen molar-refractivity contribution in [1.29, 1.82) is 0 Å². The van der Waals surface area contributed by atoms with Gasteiger partial charge in [-0.25, -0.2) is 9.50 Å². The zero-order chi connectivity index (χ0) is 22.9. The molecule has 0 unspecified atom stereocenters. The fraction of sp³-hybridized carbons (Fsp3) is 0.250. The minimum absolute atomic E-state index is 0.0712. The van der Waals surface area contributed by atoms with Gasteiger partial charge in [0.15, 0.2) is 5.65 Å². The highest BCUT2D eigenvalue weighted by Crippen LogP contribution is 2.26. The number of carbonyl (C=O) groups excluding carboxylic acids is 1. The van der Waals surface area contributed by atoms with Crippen LogP contribution in [0.1, 0.15) is 28.1 Å². The van der Waals surface area contributed by atoms with Crippen LogP contribution in [0.2, 0.25) is 0 Å². The maximum atomic E-state index is 12.9. The van der Waals surface area contributed by atoms with Crippen LogP contribution in [0, 0.1) is 0 Å². The molecule has 0 N–H and O–H groups in total. The van der Waals surface area contributed by atoms with E-state index >= 15 is 0 Å². The molecule has 10 heteroatoms. The fourth-order valence-electron chi connectivity index (χ4n) is 4.32. The van der Waals surface area contributed by atoms with Gasteiger partial charge in [0.05, 0.1) is 28.9 Å². The van der Waals surface area contributed by atoms with Crippen LogP contribution >= 0.6 is 11.3 Å². The number of nitrogens with zero attached hydrogens (tertiary/aromatic N) is 8. The molecule has 1 fully saturated rings. The number of hydrogen-bond acceptors (Lipinski definition) is 8. The van der Waals surface area contributed by atoms with Gasteiger partial charge in [-0.05, 0) is 54.7 Å². The fourth-order valence-corrected chi connectivity index (χ4v) is 5.00. The van der Waals surface area contributed by atoms with Gasteiger partial charge in [0, 0.05) is 23.9 Å². The van der Waals surface area contributed by atoms with Crippen LogP contribution in [0.4, 0.5) is 0 Å². The molecule has 0 saturated carbocycles. The molecule has 0 spiro atoms. The monoisotopic (exact) mass is 470 g/mol. The SMILES string of the molecule is O=C(c1cccs1)c1cnn2c(-c3cccc(-c4nnn(CCN5CCCC5)n4)c3)ccnc12. The number of tetrazole rings is 1. The molecular formula is C24H22N8OS. The zero-order valence-corrected chi connectivity index (χ0v) is 19.2. The Kier molecular flexibility index (Phi) is 5.44. The van der Waals surface area contributed by atoms with Gasteiger partial charge in [-0.2, -0.15) is 9.90 Å². The van der Waals surface area contributed by atoms with Gasteiger partial charge >= 0.3 is 0 Å². The van der Waals surface area contributed by atoms with Crippen molar-refractivity contribution < 1.29 is 4.79 Å². The van der Waals surface area contributed by atoms with Crippen molar-refractivity contribution in [2.24, 2.45) is 0 Å². The van der Waals surface area contributed by atoms with Crippen LogP contribution in [-0.2, 0) is 6.54 Å². The predicted molar refractivity (Wildman–Crippen MR) is 129 cm³/mol. The minimum Gasteiger partial charge on any atom is -0.301 e. The van der Waals surface area contributed by atoms with Crippen molar-refractivity contribution in [3.63, 3.8) is 0 Å². The van der Waals surface area contributed by atoms with Crippen molar-refractivity contribution in [2.75, 3.05) is 19.6 Å². The number of ketones is 1. The molecule has 34 heavy (non-hydrogen) atoms. The average molecular weight is 471 g/mol. The van der Waals surface area contributed by atoms with E-state index in [4.69, 9.17) is 0 Å². The number of benzene rings is 1. The number of thiophene rings is 1. The molecule has 1 saturated heterocycles. The van der Waals surface area contributed by atoms with E-state index < -0.39 is 0 Å². The van der Waals surface area contributed by atoms with E-state index in [0.29, 0.717) is 21.9 Å². The summed E-state index contributed by atoms with van der Waals surface area (Å²) in [4.78, 5) is 22.1. The largest absolute Gasteiger partial charge is 0.301 e. The topological polar surface area (TPSA) is 94.1 Å². The first-order chi connectivity index (χ1) is 16.8. The van der Waals surface area contributed by atoms with Crippen LogP contribution in [0.25, 0.3) is 28.3 Å². The molecule has 1 aliphatic rings. The van der Waals surface area contributed by atoms with Gasteiger partial charge in [-0.3, -0.25) is 4.79 Å². The first-order valence-corrected chi connectivity index (χ1v) is 12.2. The highest BCUT2D eigenvalue weighted by molar-refractivity contribution is 7.12. The van der Waals surface area contributed by atoms with Crippen LogP contribution < -0.4 is 0 Å². The Labute approximate surface area is 199 Å². The Morgan fingerprint density at radius 2 is 1.91 bits per heavy atom. The normalized spacial score (nSPS) is 14.2. The van der Waals surface area contributed by atoms with Gasteiger partial charge < -0.3 is 4.90 Å². The van der Waals surface area contributed by atoms with Crippen molar-refractivity contribution >= 4 is 22.8 Å². The van der Waals surface area contributed by atoms with E-state index in [1.807, 2.05) is 47.8 Å². The molecule has 0 atom stereocenters. The summed E-state index contributed by atoms with van der Waals surface area (Å²) >= 11 is 1.41. The molecule has 1 aliphatic heterocycles. The quantitative estimate of drug-likeness (QED) is 0.336. The maximum Gasteiger partial charge on any atom is 0.208 e. The molecule has 9 nitrogen and oxygen atoms in total. The summed E-state index contributed by atoms with van der Waals surface area (Å²) in [5.74, 6) is 0.515. The first-order valence-electron chi connectivity index (χ1n) is 11.3. The second kappa shape index (κ2) is 8.88. The second-order valence-corrected chi connectivity index (χ2v) is 9.22. The molecule has 1 aromatic carbocycles. The Morgan fingerprint density at radius 1 is 1.03 bits per heavy atom. The Bertz CT molecular complexity index is 1450. The molecule has 0 bridgehead atoms. The Morgan fingerprint density at radius 3 is 2.76 bits per heavy atom. The zero-order valence-electron chi connectivity index (χ0n) is 18.4. The first kappa shape index (κ1) is 20.8. The molecule has 6 rings (SSSR count). The third-order valence-corrected chi connectivity index (χ3v) is 6.94. The molecular weight excluding hydrogens is 448 g/mol. The number of rotatable bonds is 7. The lowest BCUT2D eigenvalue weighted by atomic mass is 10.1. The van der Waals surface area contributed by atoms with Gasteiger partial charge in [0.25, 0.3) is 0 Å². The molecule has 5 heterocycles. The van der Waals surface area contributed by atoms with Gasteiger partial charge in [-0.1, -0.05) is 24.3 Å². The van der Waals surface area contributed by atoms with E-state index in [1.165, 1.54) is 24.2 Å². The van der Waals surface area contributed by atoms with Crippen LogP contribution in [0.15, 0.2) is 60.2 Å². The van der Waals surface area contributed by atoms with Crippen LogP contribution in [0.3, 0.4) is 0 Å². The van der Waals surface area contributed by atoms with Crippen LogP contribution in [-0.4, -0.2) is 65.1 Å². The van der Waals surface area contributed by atoms with Crippen molar-refractivity contribution in [3.8, 4) is 22.6 Å². The lowest BCUT2D eigenvalue weighted by Crippen LogP contribution is -2.24. The van der Waals surface area contributed by atoms with E-state index in [2.05, 4.69) is 30.4 Å². The molecule has 5 aromatic rings. The number of fused-ring (bicyclic) bond motifs is 1. The van der Waals surface area contributed by atoms with Gasteiger partial charge in [0.1, 0.15) is 0 Å². The number of likely N-dealkylation sites (tertiary alicyclic amines) is 1. The third-order valence-electron chi connectivity index (χ3n) is 6.08. The molecule has 0 aliphatic carbocycles. The second-order valence-electron chi connectivity index (χ2n) is 8.27. The molecule has 0 amide bonds. The standard InChI is InChI=1S/C24H22N8OS/c33-22(21-7-4-14-34-21)19-16-26-32-20(8-9-25-24(19)32)17-5-3-6-18(15-17)23-27-29-31(28-23)13-12-30-10-1-2-11-30/h3-9,14-16H,1-2,10-13H2. The molecule has 170 valence electrons. The van der Waals surface area contributed by atoms with E-state index in [0.717, 1.165) is 43.0 Å². The maximum absolute atomic E-state index is 12.9. The number of carbonyl (C=O) groups is 1. The average Bonchev–Trinajstić information content (AvgIpc) is 3.69. The van der Waals surface area contributed by atoms with Crippen molar-refractivity contribution in [3.05, 3.63) is 70.7 Å². The van der Waals surface area contributed by atoms with E-state index in [-0.39, 0.29) is 5.78 Å². The Hall–Kier alpha value is -3.76. The van der Waals surface area contributed by atoms with Crippen molar-refractivity contribution in [2.45, 2.75) is 19.4 Å². The smallest absolute Gasteiger partial charge is 0.208 e. The molecule has 0 radical (unpaired) electrons. The summed E-state index contributed by atoms with van der Waals surface area (Å²) in [7, 11) is 0. The number of hydrogen-bond donors (Lipinski definition) is 0. The summed E-state index contributed by atoms with van der Waals surface area (Å²) in [5, 5.41) is 19.5. The summed E-state index contributed by atoms with van der Waals surface area (Å²) in [6.45, 7) is 3.97. The summed E-state index contributed by atoms with van der Waals surface area (Å²) in [6, 6.07) is 13.5. The predicted octanol–water partition coefficient (Wildman–Crippen LogP) is 3.44. The van der Waals surface area contributed by atoms with Crippen LogP contribution in [0.5, 0.6) is 0 Å². The summed E-state index contributed by atoms with van der Waals surface area (Å²) in [5.41, 5.74) is 3.65. The van der Waals surface area contributed by atoms with E-state index in [9.17, 15) is 4.79 Å². The molecule has 4 aromatic heterocycles. The number of aromatic nitrogens is 7. The van der Waals surface area contributed by atoms with Crippen molar-refractivity contribution in [1.82, 2.24) is 39.7 Å². The third kappa shape index (κ3) is 3.91. The highest BCUT2D eigenvalue weighted by atomic mass is 32.1.